The first-order valence-electron chi connectivity index (χ1n) is 43.1. The summed E-state index contributed by atoms with van der Waals surface area (Å²) in [6, 6.07) is 162. The second-order valence-corrected chi connectivity index (χ2v) is 37.7. The molecule has 20 aromatic carbocycles. The highest BCUT2D eigenvalue weighted by molar-refractivity contribution is 7.27. The van der Waals surface area contributed by atoms with Gasteiger partial charge in [0.15, 0.2) is 0 Å². The molecule has 1 aliphatic rings. The van der Waals surface area contributed by atoms with E-state index in [-0.39, 0.29) is 5.41 Å². The van der Waals surface area contributed by atoms with E-state index in [0.29, 0.717) is 0 Å². The van der Waals surface area contributed by atoms with Crippen molar-refractivity contribution in [3.63, 3.8) is 0 Å². The molecule has 0 fully saturated rings. The van der Waals surface area contributed by atoms with E-state index < -0.39 is 0 Å². The van der Waals surface area contributed by atoms with Crippen molar-refractivity contribution in [2.24, 2.45) is 0 Å². The first-order chi connectivity index (χ1) is 63.3. The number of aryl methyl sites for hydroxylation is 1. The highest BCUT2D eigenvalue weighted by Crippen LogP contribution is 2.57. The Morgan fingerprint density at radius 2 is 0.492 bits per heavy atom. The van der Waals surface area contributed by atoms with E-state index in [1.54, 1.807) is 0 Å². The minimum atomic E-state index is -0.387. The van der Waals surface area contributed by atoms with E-state index in [1.807, 2.05) is 74.9 Å². The Morgan fingerprint density at radius 1 is 0.172 bits per heavy atom. The maximum atomic E-state index is 3.74. The summed E-state index contributed by atoms with van der Waals surface area (Å²) in [6.07, 6.45) is 0. The first kappa shape index (κ1) is 79.0. The fourth-order valence-corrected chi connectivity index (χ4v) is 23.6. The van der Waals surface area contributed by atoms with Gasteiger partial charge in [0.2, 0.25) is 0 Å². The third kappa shape index (κ3) is 15.8. The molecule has 610 valence electrons. The van der Waals surface area contributed by atoms with Crippen molar-refractivity contribution in [2.75, 3.05) is 26.6 Å². The van der Waals surface area contributed by atoms with Crippen LogP contribution in [0.3, 0.4) is 0 Å². The molecule has 0 bridgehead atoms. The second-order valence-electron chi connectivity index (χ2n) is 32.3. The fraction of sp³-hybridized carbons (Fsp3) is 0.0169. The molecular weight excluding hydrogens is 1650 g/mol. The number of hydrogen-bond acceptors (Lipinski definition) is 10. The van der Waals surface area contributed by atoms with Crippen LogP contribution in [0.25, 0.3) is 134 Å². The lowest BCUT2D eigenvalue weighted by Crippen LogP contribution is -2.28. The van der Waals surface area contributed by atoms with Crippen LogP contribution in [-0.2, 0) is 5.41 Å². The molecule has 5 N–H and O–H groups in total. The lowest BCUT2D eigenvalue weighted by Gasteiger charge is -2.34. The zero-order valence-corrected chi connectivity index (χ0v) is 73.9. The summed E-state index contributed by atoms with van der Waals surface area (Å²) in [5, 5.41) is 36.1. The number of para-hydroxylation sites is 1. The third-order valence-electron chi connectivity index (χ3n) is 24.1. The van der Waals surface area contributed by atoms with E-state index >= 15 is 0 Å². The molecule has 25 aromatic rings. The lowest BCUT2D eigenvalue weighted by molar-refractivity contribution is 0.769. The van der Waals surface area contributed by atoms with E-state index in [1.165, 1.54) is 161 Å². The van der Waals surface area contributed by atoms with Crippen LogP contribution in [0, 0.1) is 6.92 Å². The first-order valence-corrected chi connectivity index (χ1v) is 47.2. The molecule has 0 saturated heterocycles. The Bertz CT molecular complexity index is 8350. The molecule has 26 rings (SSSR count). The highest BCUT2D eigenvalue weighted by Gasteiger charge is 2.46. The predicted octanol–water partition coefficient (Wildman–Crippen LogP) is 36.0. The van der Waals surface area contributed by atoms with Crippen LogP contribution < -0.4 is 26.6 Å². The van der Waals surface area contributed by atoms with Crippen LogP contribution in [0.15, 0.2) is 455 Å². The topological polar surface area (TPSA) is 60.1 Å². The summed E-state index contributed by atoms with van der Waals surface area (Å²) in [5.41, 5.74) is 19.9. The molecule has 0 radical (unpaired) electrons. The Labute approximate surface area is 762 Å². The zero-order valence-electron chi connectivity index (χ0n) is 69.8. The van der Waals surface area contributed by atoms with Crippen LogP contribution in [0.2, 0.25) is 0 Å². The van der Waals surface area contributed by atoms with Gasteiger partial charge in [0, 0.05) is 163 Å². The van der Waals surface area contributed by atoms with Gasteiger partial charge >= 0.3 is 0 Å². The Balaban J connectivity index is 0.0000000967. The summed E-state index contributed by atoms with van der Waals surface area (Å²) in [5.74, 6) is 0. The van der Waals surface area contributed by atoms with E-state index in [0.717, 1.165) is 56.9 Å². The van der Waals surface area contributed by atoms with Gasteiger partial charge in [0.25, 0.3) is 0 Å². The van der Waals surface area contributed by atoms with E-state index in [2.05, 4.69) is 470 Å². The molecular formula is C118H83N5S5. The van der Waals surface area contributed by atoms with Crippen molar-refractivity contribution < 1.29 is 0 Å². The van der Waals surface area contributed by atoms with Gasteiger partial charge in [-0.25, -0.2) is 0 Å². The summed E-state index contributed by atoms with van der Waals surface area (Å²) >= 11 is 9.25. The highest BCUT2D eigenvalue weighted by atomic mass is 32.1. The normalized spacial score (nSPS) is 11.9. The maximum Gasteiger partial charge on any atom is 0.0714 e. The van der Waals surface area contributed by atoms with Gasteiger partial charge in [-0.1, -0.05) is 291 Å². The molecule has 0 atom stereocenters. The van der Waals surface area contributed by atoms with Gasteiger partial charge in [-0.15, -0.1) is 56.7 Å². The smallest absolute Gasteiger partial charge is 0.0714 e. The zero-order chi connectivity index (χ0) is 85.3. The molecule has 0 spiro atoms. The van der Waals surface area contributed by atoms with Gasteiger partial charge in [0.05, 0.1) is 5.41 Å². The molecule has 0 amide bonds. The summed E-state index contributed by atoms with van der Waals surface area (Å²) in [4.78, 5) is 0. The quantitative estimate of drug-likeness (QED) is 0.0844. The third-order valence-corrected chi connectivity index (χ3v) is 29.9. The minimum Gasteiger partial charge on any atom is -0.356 e. The van der Waals surface area contributed by atoms with Crippen LogP contribution in [0.1, 0.15) is 27.8 Å². The van der Waals surface area contributed by atoms with Crippen LogP contribution >= 0.6 is 56.7 Å². The summed E-state index contributed by atoms with van der Waals surface area (Å²) in [7, 11) is 0. The van der Waals surface area contributed by atoms with Gasteiger partial charge in [0.1, 0.15) is 0 Å². The van der Waals surface area contributed by atoms with Crippen LogP contribution in [0.4, 0.5) is 56.9 Å². The Kier molecular flexibility index (Phi) is 21.5. The largest absolute Gasteiger partial charge is 0.356 e. The molecule has 5 nitrogen and oxygen atoms in total. The summed E-state index contributed by atoms with van der Waals surface area (Å²) < 4.78 is 13.4. The number of fused-ring (bicyclic) bond motifs is 20. The fourth-order valence-electron chi connectivity index (χ4n) is 18.1. The molecule has 1 aliphatic carbocycles. The van der Waals surface area contributed by atoms with Crippen molar-refractivity contribution in [1.29, 1.82) is 0 Å². The second kappa shape index (κ2) is 34.9. The Morgan fingerprint density at radius 3 is 1.01 bits per heavy atom. The average molecular weight is 1730 g/mol. The summed E-state index contributed by atoms with van der Waals surface area (Å²) in [6.45, 7) is 2.10. The van der Waals surface area contributed by atoms with Gasteiger partial charge < -0.3 is 26.6 Å². The lowest BCUT2D eigenvalue weighted by atomic mass is 9.67. The van der Waals surface area contributed by atoms with E-state index in [9.17, 15) is 0 Å². The molecule has 128 heavy (non-hydrogen) atoms. The number of hydrogen-bond donors (Lipinski definition) is 5. The van der Waals surface area contributed by atoms with Crippen LogP contribution in [-0.4, -0.2) is 0 Å². The molecule has 0 unspecified atom stereocenters. The van der Waals surface area contributed by atoms with Gasteiger partial charge in [-0.05, 0) is 226 Å². The van der Waals surface area contributed by atoms with E-state index in [4.69, 9.17) is 0 Å². The number of rotatable bonds is 12. The number of thiophene rings is 5. The molecule has 5 heterocycles. The van der Waals surface area contributed by atoms with Crippen molar-refractivity contribution in [3.05, 3.63) is 483 Å². The number of anilines is 10. The maximum absolute atomic E-state index is 3.74. The minimum absolute atomic E-state index is 0.387. The number of nitrogens with one attached hydrogen (secondary N) is 5. The van der Waals surface area contributed by atoms with Gasteiger partial charge in [-0.3, -0.25) is 0 Å². The SMILES string of the molecule is Cc1ccc(Nc2ccc3sc4ccccc4c3c2)cc1.c1ccc(C2(c3ccccc3)c3ccccc3-c3ccc(Nc4ccc5c(c4)sc4ccccc45)cc32)cc1.c1ccc(Nc2ccc3sc4ccccc4c3c2)cc1.c1ccc2c(Nc3ccc4sc5ccccc5c4c3)cccc2c1.c1ccc2cc(Nc3ccc4sc5ccccc5c4c3)ccc2c1. The van der Waals surface area contributed by atoms with Crippen molar-refractivity contribution in [1.82, 2.24) is 0 Å². The number of benzene rings is 20. The van der Waals surface area contributed by atoms with Crippen molar-refractivity contribution in [2.45, 2.75) is 12.3 Å². The monoisotopic (exact) mass is 1730 g/mol. The molecule has 0 saturated carbocycles. The predicted molar refractivity (Wildman–Crippen MR) is 562 cm³/mol. The average Bonchev–Trinajstić information content (AvgIpc) is 1.52. The standard InChI is InChI=1S/C37H25NS.2C22H15NS.C19H15NS.C18H13NS/c1-3-11-25(12-4-1)37(26-13-5-2-6-14-26)33-17-9-7-15-29(33)30-21-19-27(23-34(30)37)38-28-20-22-32-31-16-8-10-18-35(31)39-36(32)24-28;1-2-8-17-15(6-1)7-5-10-20(17)23-16-12-13-22-19(14-16)18-9-3-4-11-21(18)24-22;1-2-6-16-13-17(10-9-15(16)5-1)23-18-11-12-22-20(14-18)19-7-3-4-8-21(19)24-22;1-13-6-8-14(9-7-13)20-15-10-11-19-17(12-15)16-4-2-3-5-18(16)21-19;1-2-6-13(7-3-1)19-14-10-11-18-16(12-14)15-8-4-5-9-17(15)20-18/h1-24,38H;2*1-14,23H;2-12,20H,1H3;1-12,19H. The van der Waals surface area contributed by atoms with Crippen molar-refractivity contribution in [3.8, 4) is 11.1 Å². The molecule has 5 aromatic heterocycles. The van der Waals surface area contributed by atoms with Crippen LogP contribution in [0.5, 0.6) is 0 Å². The molecule has 0 aliphatic heterocycles. The molecule has 10 heteroatoms. The Hall–Kier alpha value is -15.0. The van der Waals surface area contributed by atoms with Crippen molar-refractivity contribution >= 4 is 236 Å². The van der Waals surface area contributed by atoms with Gasteiger partial charge in [-0.2, -0.15) is 0 Å².